The number of sulfonamides is 1. The highest BCUT2D eigenvalue weighted by atomic mass is 32.2. The van der Waals surface area contributed by atoms with Gasteiger partial charge in [0.05, 0.1) is 5.69 Å². The molecular formula is C13H18N4O2S2. The van der Waals surface area contributed by atoms with E-state index in [4.69, 9.17) is 0 Å². The Hall–Kier alpha value is -1.67. The van der Waals surface area contributed by atoms with E-state index in [0.29, 0.717) is 10.9 Å². The number of rotatable bonds is 4. The van der Waals surface area contributed by atoms with Crippen LogP contribution in [0.5, 0.6) is 0 Å². The average Bonchev–Trinajstić information content (AvgIpc) is 2.86. The second-order valence-electron chi connectivity index (χ2n) is 5.52. The molecule has 0 saturated heterocycles. The number of aromatic nitrogens is 2. The zero-order valence-electron chi connectivity index (χ0n) is 12.3. The van der Waals surface area contributed by atoms with E-state index in [1.165, 1.54) is 23.6 Å². The lowest BCUT2D eigenvalue weighted by Crippen LogP contribution is -2.15. The molecule has 0 spiro atoms. The summed E-state index contributed by atoms with van der Waals surface area (Å²) in [5.41, 5.74) is 0.741. The zero-order chi connectivity index (χ0) is 15.7. The predicted octanol–water partition coefficient (Wildman–Crippen LogP) is 2.68. The van der Waals surface area contributed by atoms with E-state index >= 15 is 0 Å². The van der Waals surface area contributed by atoms with Crippen LogP contribution >= 0.6 is 11.3 Å². The number of pyridine rings is 1. The molecule has 0 aliphatic carbocycles. The van der Waals surface area contributed by atoms with Gasteiger partial charge in [-0.25, -0.2) is 18.4 Å². The molecule has 0 saturated carbocycles. The van der Waals surface area contributed by atoms with E-state index in [-0.39, 0.29) is 10.3 Å². The smallest absolute Gasteiger partial charge is 0.265 e. The van der Waals surface area contributed by atoms with Crippen LogP contribution < -0.4 is 10.0 Å². The number of nitrogens with zero attached hydrogens (tertiary/aromatic N) is 2. The maximum Gasteiger partial charge on any atom is 0.265 e. The molecule has 2 rings (SSSR count). The first-order valence-electron chi connectivity index (χ1n) is 6.35. The first-order valence-corrected chi connectivity index (χ1v) is 8.71. The van der Waals surface area contributed by atoms with E-state index in [2.05, 4.69) is 20.0 Å². The molecule has 114 valence electrons. The lowest BCUT2D eigenvalue weighted by molar-refractivity contribution is 0.573. The van der Waals surface area contributed by atoms with Crippen molar-refractivity contribution in [1.29, 1.82) is 0 Å². The summed E-state index contributed by atoms with van der Waals surface area (Å²) < 4.78 is 27.0. The molecule has 0 fully saturated rings. The molecule has 2 aromatic rings. The molecule has 0 aliphatic heterocycles. The summed E-state index contributed by atoms with van der Waals surface area (Å²) >= 11 is 1.27. The molecule has 0 bridgehead atoms. The normalized spacial score (nSPS) is 12.2. The zero-order valence-corrected chi connectivity index (χ0v) is 14.0. The fraction of sp³-hybridized carbons (Fsp3) is 0.385. The minimum atomic E-state index is -3.66. The quantitative estimate of drug-likeness (QED) is 0.902. The van der Waals surface area contributed by atoms with Gasteiger partial charge >= 0.3 is 0 Å². The summed E-state index contributed by atoms with van der Waals surface area (Å²) in [6.45, 7) is 6.09. The minimum absolute atomic E-state index is 0.106. The SMILES string of the molecule is CNc1ccc(S(=O)(=O)Nc2nc(C(C)(C)C)cs2)cn1. The minimum Gasteiger partial charge on any atom is -0.373 e. The lowest BCUT2D eigenvalue weighted by atomic mass is 9.93. The molecule has 0 radical (unpaired) electrons. The van der Waals surface area contributed by atoms with Crippen molar-refractivity contribution < 1.29 is 8.42 Å². The second-order valence-corrected chi connectivity index (χ2v) is 8.06. The van der Waals surface area contributed by atoms with Gasteiger partial charge in [0, 0.05) is 24.0 Å². The first kappa shape index (κ1) is 15.7. The predicted molar refractivity (Wildman–Crippen MR) is 85.4 cm³/mol. The topological polar surface area (TPSA) is 84.0 Å². The Kier molecular flexibility index (Phi) is 4.20. The molecule has 0 aliphatic rings. The number of thiazole rings is 1. The van der Waals surface area contributed by atoms with Crippen molar-refractivity contribution in [3.05, 3.63) is 29.4 Å². The van der Waals surface area contributed by atoms with Crippen LogP contribution in [0.2, 0.25) is 0 Å². The molecule has 0 atom stereocenters. The third-order valence-corrected chi connectivity index (χ3v) is 5.01. The summed E-state index contributed by atoms with van der Waals surface area (Å²) in [6, 6.07) is 3.11. The van der Waals surface area contributed by atoms with Crippen molar-refractivity contribution >= 4 is 32.3 Å². The summed E-state index contributed by atoms with van der Waals surface area (Å²) in [4.78, 5) is 8.43. The van der Waals surface area contributed by atoms with Crippen LogP contribution in [-0.4, -0.2) is 25.4 Å². The third-order valence-electron chi connectivity index (χ3n) is 2.80. The first-order chi connectivity index (χ1) is 9.72. The molecule has 0 unspecified atom stereocenters. The maximum absolute atomic E-state index is 12.3. The van der Waals surface area contributed by atoms with Crippen molar-refractivity contribution in [2.24, 2.45) is 0 Å². The molecule has 0 amide bonds. The van der Waals surface area contributed by atoms with Gasteiger partial charge in [0.1, 0.15) is 10.7 Å². The molecular weight excluding hydrogens is 308 g/mol. The summed E-state index contributed by atoms with van der Waals surface area (Å²) in [5.74, 6) is 0.609. The highest BCUT2D eigenvalue weighted by Crippen LogP contribution is 2.27. The lowest BCUT2D eigenvalue weighted by Gasteiger charge is -2.14. The number of anilines is 2. The monoisotopic (exact) mass is 326 g/mol. The van der Waals surface area contributed by atoms with E-state index < -0.39 is 10.0 Å². The number of nitrogens with one attached hydrogen (secondary N) is 2. The van der Waals surface area contributed by atoms with Crippen LogP contribution in [-0.2, 0) is 15.4 Å². The summed E-state index contributed by atoms with van der Waals surface area (Å²) in [7, 11) is -1.94. The van der Waals surface area contributed by atoms with E-state index in [1.807, 2.05) is 26.2 Å². The Morgan fingerprint density at radius 1 is 1.24 bits per heavy atom. The van der Waals surface area contributed by atoms with Gasteiger partial charge in [-0.1, -0.05) is 20.8 Å². The molecule has 2 heterocycles. The van der Waals surface area contributed by atoms with Crippen molar-refractivity contribution in [1.82, 2.24) is 9.97 Å². The maximum atomic E-state index is 12.3. The molecule has 8 heteroatoms. The fourth-order valence-electron chi connectivity index (χ4n) is 1.53. The number of hydrogen-bond donors (Lipinski definition) is 2. The van der Waals surface area contributed by atoms with Gasteiger partial charge in [-0.05, 0) is 12.1 Å². The fourth-order valence-corrected chi connectivity index (χ4v) is 3.66. The second kappa shape index (κ2) is 5.61. The Bertz CT molecular complexity index is 715. The summed E-state index contributed by atoms with van der Waals surface area (Å²) in [6.07, 6.45) is 1.31. The van der Waals surface area contributed by atoms with Gasteiger partial charge in [-0.2, -0.15) is 0 Å². The van der Waals surface area contributed by atoms with Crippen molar-refractivity contribution in [2.45, 2.75) is 31.1 Å². The molecule has 21 heavy (non-hydrogen) atoms. The third kappa shape index (κ3) is 3.70. The molecule has 0 aromatic carbocycles. The van der Waals surface area contributed by atoms with E-state index in [9.17, 15) is 8.42 Å². The van der Waals surface area contributed by atoms with Gasteiger partial charge in [0.15, 0.2) is 5.13 Å². The van der Waals surface area contributed by atoms with Gasteiger partial charge in [0.2, 0.25) is 0 Å². The van der Waals surface area contributed by atoms with Crippen LogP contribution in [0, 0.1) is 0 Å². The van der Waals surface area contributed by atoms with Gasteiger partial charge < -0.3 is 5.32 Å². The van der Waals surface area contributed by atoms with Crippen LogP contribution in [0.25, 0.3) is 0 Å². The van der Waals surface area contributed by atoms with Gasteiger partial charge in [0.25, 0.3) is 10.0 Å². The highest BCUT2D eigenvalue weighted by molar-refractivity contribution is 7.93. The Morgan fingerprint density at radius 2 is 1.95 bits per heavy atom. The molecule has 2 aromatic heterocycles. The van der Waals surface area contributed by atoms with Crippen molar-refractivity contribution in [3.8, 4) is 0 Å². The largest absolute Gasteiger partial charge is 0.373 e. The average molecular weight is 326 g/mol. The van der Waals surface area contributed by atoms with Crippen molar-refractivity contribution in [3.63, 3.8) is 0 Å². The van der Waals surface area contributed by atoms with Crippen LogP contribution in [0.3, 0.4) is 0 Å². The Balaban J connectivity index is 2.22. The van der Waals surface area contributed by atoms with Crippen LogP contribution in [0.15, 0.2) is 28.6 Å². The number of hydrogen-bond acceptors (Lipinski definition) is 6. The Morgan fingerprint density at radius 3 is 2.43 bits per heavy atom. The van der Waals surface area contributed by atoms with Crippen LogP contribution in [0.4, 0.5) is 10.9 Å². The molecule has 6 nitrogen and oxygen atoms in total. The standard InChI is InChI=1S/C13H18N4O2S2/c1-13(2,3)10-8-20-12(16-10)17-21(18,19)9-5-6-11(14-4)15-7-9/h5-8H,1-4H3,(H,14,15)(H,16,17). The van der Waals surface area contributed by atoms with Gasteiger partial charge in [-0.3, -0.25) is 4.72 Å². The Labute approximate surface area is 128 Å². The van der Waals surface area contributed by atoms with Crippen molar-refractivity contribution in [2.75, 3.05) is 17.1 Å². The van der Waals surface area contributed by atoms with Gasteiger partial charge in [-0.15, -0.1) is 11.3 Å². The molecule has 2 N–H and O–H groups in total. The highest BCUT2D eigenvalue weighted by Gasteiger charge is 2.20. The van der Waals surface area contributed by atoms with E-state index in [1.54, 1.807) is 13.1 Å². The van der Waals surface area contributed by atoms with E-state index in [0.717, 1.165) is 5.69 Å². The summed E-state index contributed by atoms with van der Waals surface area (Å²) in [5, 5.41) is 5.06. The van der Waals surface area contributed by atoms with Crippen LogP contribution in [0.1, 0.15) is 26.5 Å².